The highest BCUT2D eigenvalue weighted by Crippen LogP contribution is 2.32. The SMILES string of the molecule is CCOc1ccc(OCC)c2c(=O)c3c([nH]c12)CCCC3. The van der Waals surface area contributed by atoms with Crippen LogP contribution in [-0.2, 0) is 12.8 Å². The van der Waals surface area contributed by atoms with Crippen LogP contribution in [0.1, 0.15) is 37.9 Å². The first-order chi connectivity index (χ1) is 10.3. The average Bonchev–Trinajstić information content (AvgIpc) is 2.50. The highest BCUT2D eigenvalue weighted by molar-refractivity contribution is 5.90. The standard InChI is InChI=1S/C17H21NO3/c1-3-20-13-9-10-14(21-4-2)16-15(13)17(19)11-7-5-6-8-12(11)18-16/h9-10H,3-8H2,1-2H3,(H,18,19). The van der Waals surface area contributed by atoms with Crippen molar-refractivity contribution in [2.24, 2.45) is 0 Å². The molecule has 0 spiro atoms. The molecule has 1 heterocycles. The molecule has 0 aliphatic heterocycles. The maximum Gasteiger partial charge on any atom is 0.196 e. The molecule has 0 bridgehead atoms. The molecule has 4 nitrogen and oxygen atoms in total. The summed E-state index contributed by atoms with van der Waals surface area (Å²) in [5.74, 6) is 1.37. The van der Waals surface area contributed by atoms with E-state index < -0.39 is 0 Å². The summed E-state index contributed by atoms with van der Waals surface area (Å²) in [6, 6.07) is 3.71. The molecule has 4 heteroatoms. The van der Waals surface area contributed by atoms with E-state index in [-0.39, 0.29) is 5.43 Å². The normalized spacial score (nSPS) is 14.0. The van der Waals surface area contributed by atoms with Gasteiger partial charge in [0.2, 0.25) is 0 Å². The molecule has 1 aromatic carbocycles. The summed E-state index contributed by atoms with van der Waals surface area (Å²) in [6.45, 7) is 4.98. The van der Waals surface area contributed by atoms with Crippen molar-refractivity contribution in [3.8, 4) is 11.5 Å². The second-order valence-electron chi connectivity index (χ2n) is 5.30. The van der Waals surface area contributed by atoms with E-state index in [9.17, 15) is 4.79 Å². The molecule has 3 rings (SSSR count). The Balaban J connectivity index is 2.32. The van der Waals surface area contributed by atoms with Crippen molar-refractivity contribution in [2.45, 2.75) is 39.5 Å². The molecular weight excluding hydrogens is 266 g/mol. The monoisotopic (exact) mass is 287 g/mol. The van der Waals surface area contributed by atoms with E-state index in [1.165, 1.54) is 0 Å². The molecule has 0 fully saturated rings. The first kappa shape index (κ1) is 14.0. The van der Waals surface area contributed by atoms with Crippen molar-refractivity contribution in [1.29, 1.82) is 0 Å². The Morgan fingerprint density at radius 1 is 1.05 bits per heavy atom. The summed E-state index contributed by atoms with van der Waals surface area (Å²) in [6.07, 6.45) is 4.00. The fourth-order valence-corrected chi connectivity index (χ4v) is 3.06. The molecule has 21 heavy (non-hydrogen) atoms. The van der Waals surface area contributed by atoms with Gasteiger partial charge in [0, 0.05) is 11.3 Å². The van der Waals surface area contributed by atoms with Gasteiger partial charge in [-0.05, 0) is 51.7 Å². The Kier molecular flexibility index (Phi) is 3.86. The molecule has 112 valence electrons. The quantitative estimate of drug-likeness (QED) is 0.939. The van der Waals surface area contributed by atoms with Gasteiger partial charge in [0.15, 0.2) is 5.43 Å². The number of aryl methyl sites for hydroxylation is 1. The summed E-state index contributed by atoms with van der Waals surface area (Å²) >= 11 is 0. The van der Waals surface area contributed by atoms with Crippen LogP contribution in [0.2, 0.25) is 0 Å². The van der Waals surface area contributed by atoms with Gasteiger partial charge in [-0.2, -0.15) is 0 Å². The number of pyridine rings is 1. The lowest BCUT2D eigenvalue weighted by Crippen LogP contribution is -2.19. The zero-order valence-electron chi connectivity index (χ0n) is 12.6. The Morgan fingerprint density at radius 3 is 2.48 bits per heavy atom. The Bertz CT molecular complexity index is 718. The van der Waals surface area contributed by atoms with Crippen LogP contribution in [0.15, 0.2) is 16.9 Å². The van der Waals surface area contributed by atoms with Crippen molar-refractivity contribution in [3.63, 3.8) is 0 Å². The summed E-state index contributed by atoms with van der Waals surface area (Å²) in [4.78, 5) is 16.3. The zero-order chi connectivity index (χ0) is 14.8. The highest BCUT2D eigenvalue weighted by atomic mass is 16.5. The summed E-state index contributed by atoms with van der Waals surface area (Å²) in [7, 11) is 0. The lowest BCUT2D eigenvalue weighted by Gasteiger charge is -2.18. The third-order valence-corrected chi connectivity index (χ3v) is 3.97. The maximum absolute atomic E-state index is 12.9. The van der Waals surface area contributed by atoms with Crippen LogP contribution in [0.3, 0.4) is 0 Å². The van der Waals surface area contributed by atoms with E-state index >= 15 is 0 Å². The van der Waals surface area contributed by atoms with Gasteiger partial charge in [-0.15, -0.1) is 0 Å². The number of benzene rings is 1. The van der Waals surface area contributed by atoms with Crippen molar-refractivity contribution in [2.75, 3.05) is 13.2 Å². The number of ether oxygens (including phenoxy) is 2. The summed E-state index contributed by atoms with van der Waals surface area (Å²) in [5, 5.41) is 0.628. The number of aromatic nitrogens is 1. The van der Waals surface area contributed by atoms with E-state index in [4.69, 9.17) is 9.47 Å². The molecule has 2 aromatic rings. The largest absolute Gasteiger partial charge is 0.493 e. The maximum atomic E-state index is 12.9. The van der Waals surface area contributed by atoms with Crippen molar-refractivity contribution in [1.82, 2.24) is 4.98 Å². The van der Waals surface area contributed by atoms with Crippen molar-refractivity contribution < 1.29 is 9.47 Å². The van der Waals surface area contributed by atoms with E-state index in [2.05, 4.69) is 4.98 Å². The van der Waals surface area contributed by atoms with Crippen LogP contribution in [0, 0.1) is 0 Å². The number of aromatic amines is 1. The topological polar surface area (TPSA) is 51.3 Å². The molecule has 0 saturated carbocycles. The van der Waals surface area contributed by atoms with E-state index in [1.807, 2.05) is 26.0 Å². The van der Waals surface area contributed by atoms with Crippen molar-refractivity contribution >= 4 is 10.9 Å². The minimum absolute atomic E-state index is 0.100. The van der Waals surface area contributed by atoms with E-state index in [1.54, 1.807) is 0 Å². The number of hydrogen-bond donors (Lipinski definition) is 1. The Labute approximate surface area is 124 Å². The number of hydrogen-bond acceptors (Lipinski definition) is 3. The van der Waals surface area contributed by atoms with E-state index in [0.717, 1.165) is 48.2 Å². The lowest BCUT2D eigenvalue weighted by molar-refractivity contribution is 0.336. The molecule has 0 atom stereocenters. The van der Waals surface area contributed by atoms with Gasteiger partial charge >= 0.3 is 0 Å². The molecule has 0 saturated heterocycles. The smallest absolute Gasteiger partial charge is 0.196 e. The van der Waals surface area contributed by atoms with Crippen LogP contribution < -0.4 is 14.9 Å². The third kappa shape index (κ3) is 2.39. The number of rotatable bonds is 4. The van der Waals surface area contributed by atoms with Gasteiger partial charge in [-0.25, -0.2) is 0 Å². The first-order valence-electron chi connectivity index (χ1n) is 7.72. The van der Waals surface area contributed by atoms with Crippen LogP contribution >= 0.6 is 0 Å². The molecule has 0 amide bonds. The van der Waals surface area contributed by atoms with Gasteiger partial charge in [-0.3, -0.25) is 4.79 Å². The fraction of sp³-hybridized carbons (Fsp3) is 0.471. The van der Waals surface area contributed by atoms with Crippen LogP contribution in [0.25, 0.3) is 10.9 Å². The summed E-state index contributed by atoms with van der Waals surface area (Å²) in [5.41, 5.74) is 2.86. The minimum atomic E-state index is 0.100. The summed E-state index contributed by atoms with van der Waals surface area (Å²) < 4.78 is 11.3. The average molecular weight is 287 g/mol. The molecule has 0 unspecified atom stereocenters. The fourth-order valence-electron chi connectivity index (χ4n) is 3.06. The first-order valence-corrected chi connectivity index (χ1v) is 7.72. The number of fused-ring (bicyclic) bond motifs is 2. The predicted octanol–water partition coefficient (Wildman–Crippen LogP) is 3.20. The number of H-pyrrole nitrogens is 1. The van der Waals surface area contributed by atoms with Gasteiger partial charge in [0.05, 0.1) is 24.1 Å². The Morgan fingerprint density at radius 2 is 1.71 bits per heavy atom. The Hall–Kier alpha value is -1.97. The van der Waals surface area contributed by atoms with Crippen LogP contribution in [0.5, 0.6) is 11.5 Å². The van der Waals surface area contributed by atoms with Gasteiger partial charge in [0.25, 0.3) is 0 Å². The molecule has 1 aliphatic carbocycles. The van der Waals surface area contributed by atoms with Gasteiger partial charge < -0.3 is 14.5 Å². The molecule has 1 aliphatic rings. The third-order valence-electron chi connectivity index (χ3n) is 3.97. The van der Waals surface area contributed by atoms with Gasteiger partial charge in [0.1, 0.15) is 11.5 Å². The highest BCUT2D eigenvalue weighted by Gasteiger charge is 2.20. The number of nitrogens with one attached hydrogen (secondary N) is 1. The van der Waals surface area contributed by atoms with Crippen LogP contribution in [0.4, 0.5) is 0 Å². The van der Waals surface area contributed by atoms with Crippen LogP contribution in [-0.4, -0.2) is 18.2 Å². The zero-order valence-corrected chi connectivity index (χ0v) is 12.6. The predicted molar refractivity (Wildman–Crippen MR) is 83.5 cm³/mol. The second-order valence-corrected chi connectivity index (χ2v) is 5.30. The second kappa shape index (κ2) is 5.80. The van der Waals surface area contributed by atoms with Gasteiger partial charge in [-0.1, -0.05) is 0 Å². The molecule has 1 N–H and O–H groups in total. The molecule has 1 aromatic heterocycles. The van der Waals surface area contributed by atoms with E-state index in [0.29, 0.717) is 24.3 Å². The lowest BCUT2D eigenvalue weighted by atomic mass is 9.94. The van der Waals surface area contributed by atoms with Crippen molar-refractivity contribution in [3.05, 3.63) is 33.6 Å². The minimum Gasteiger partial charge on any atom is -0.493 e. The molecular formula is C17H21NO3. The molecule has 0 radical (unpaired) electrons.